The normalized spacial score (nSPS) is 20.6. The molecule has 0 saturated heterocycles. The molecule has 39 valence electrons. The topological polar surface area (TPSA) is 21.3 Å². The molecule has 0 spiro atoms. The van der Waals surface area contributed by atoms with Crippen LogP contribution in [0.25, 0.3) is 0 Å². The largest absolute Gasteiger partial charge is 0.384 e. The van der Waals surface area contributed by atoms with Crippen LogP contribution in [0, 0.1) is 6.54 Å². The second-order valence-electron chi connectivity index (χ2n) is 1.31. The van der Waals surface area contributed by atoms with Crippen molar-refractivity contribution in [2.24, 2.45) is 0 Å². The highest BCUT2D eigenvalue weighted by atomic mass is 16.5. The summed E-state index contributed by atoms with van der Waals surface area (Å²) in [5.41, 5.74) is 0. The van der Waals surface area contributed by atoms with Gasteiger partial charge in [0.15, 0.2) is 0 Å². The summed E-state index contributed by atoms with van der Waals surface area (Å²) in [5.74, 6) is 0. The summed E-state index contributed by atoms with van der Waals surface area (Å²) in [5, 5.41) is 2.92. The minimum Gasteiger partial charge on any atom is -0.384 e. The second-order valence-corrected chi connectivity index (χ2v) is 1.31. The summed E-state index contributed by atoms with van der Waals surface area (Å²) in [6, 6.07) is 0. The van der Waals surface area contributed by atoms with Gasteiger partial charge in [0.25, 0.3) is 0 Å². The average Bonchev–Trinajstić information content (AvgIpc) is 1.90. The van der Waals surface area contributed by atoms with Crippen molar-refractivity contribution in [2.75, 3.05) is 13.2 Å². The average molecular weight is 98.1 g/mol. The first kappa shape index (κ1) is 4.65. The van der Waals surface area contributed by atoms with Crippen LogP contribution < -0.4 is 5.32 Å². The Balaban J connectivity index is 2.20. The van der Waals surface area contributed by atoms with Crippen molar-refractivity contribution in [3.63, 3.8) is 0 Å². The molecule has 0 aromatic heterocycles. The van der Waals surface area contributed by atoms with Crippen molar-refractivity contribution >= 4 is 0 Å². The Labute approximate surface area is 43.2 Å². The minimum absolute atomic E-state index is 0.701. The van der Waals surface area contributed by atoms with E-state index in [0.717, 1.165) is 6.61 Å². The van der Waals surface area contributed by atoms with Crippen molar-refractivity contribution < 1.29 is 4.74 Å². The molecule has 0 unspecified atom stereocenters. The highest BCUT2D eigenvalue weighted by molar-refractivity contribution is 4.85. The van der Waals surface area contributed by atoms with Gasteiger partial charge in [0.05, 0.1) is 19.8 Å². The molecular formula is C5H8NO. The Hall–Kier alpha value is -0.500. The van der Waals surface area contributed by atoms with E-state index in [0.29, 0.717) is 6.61 Å². The fraction of sp³-hybridized carbons (Fsp3) is 0.400. The third-order valence-corrected chi connectivity index (χ3v) is 0.747. The number of ether oxygens (including phenoxy) is 1. The maximum absolute atomic E-state index is 4.99. The zero-order chi connectivity index (χ0) is 4.95. The van der Waals surface area contributed by atoms with E-state index in [1.165, 1.54) is 0 Å². The Kier molecular flexibility index (Phi) is 1.75. The molecule has 0 atom stereocenters. The van der Waals surface area contributed by atoms with E-state index in [1.807, 2.05) is 18.8 Å². The van der Waals surface area contributed by atoms with Gasteiger partial charge in [-0.05, 0) is 12.3 Å². The molecule has 1 radical (unpaired) electrons. The molecule has 2 nitrogen and oxygen atoms in total. The summed E-state index contributed by atoms with van der Waals surface area (Å²) in [7, 11) is 0. The van der Waals surface area contributed by atoms with Crippen LogP contribution in [0.3, 0.4) is 0 Å². The van der Waals surface area contributed by atoms with Crippen molar-refractivity contribution in [2.45, 2.75) is 0 Å². The second kappa shape index (κ2) is 2.64. The summed E-state index contributed by atoms with van der Waals surface area (Å²) in [6.45, 7) is 3.29. The highest BCUT2D eigenvalue weighted by Gasteiger charge is 1.86. The Morgan fingerprint density at radius 3 is 3.43 bits per heavy atom. The van der Waals surface area contributed by atoms with Crippen LogP contribution >= 0.6 is 0 Å². The Morgan fingerprint density at radius 1 is 1.43 bits per heavy atom. The van der Waals surface area contributed by atoms with Gasteiger partial charge in [-0.2, -0.15) is 0 Å². The predicted molar refractivity (Wildman–Crippen MR) is 27.4 cm³/mol. The van der Waals surface area contributed by atoms with E-state index < -0.39 is 0 Å². The smallest absolute Gasteiger partial charge is 0.0713 e. The standard InChI is InChI=1S/C5H8NO/c1-2-6-3-5-7-4-1/h1-3,6H,4-5H2. The van der Waals surface area contributed by atoms with Crippen LogP contribution in [0.4, 0.5) is 0 Å². The first-order valence-corrected chi connectivity index (χ1v) is 2.30. The molecule has 0 saturated carbocycles. The van der Waals surface area contributed by atoms with Crippen LogP contribution in [-0.2, 0) is 4.74 Å². The van der Waals surface area contributed by atoms with Gasteiger partial charge < -0.3 is 10.1 Å². The van der Waals surface area contributed by atoms with Crippen molar-refractivity contribution in [3.05, 3.63) is 18.8 Å². The third kappa shape index (κ3) is 1.59. The van der Waals surface area contributed by atoms with Crippen LogP contribution in [0.2, 0.25) is 0 Å². The minimum atomic E-state index is 0.701. The Bertz CT molecular complexity index is 62.5. The van der Waals surface area contributed by atoms with Crippen molar-refractivity contribution in [1.82, 2.24) is 5.32 Å². The molecule has 1 rings (SSSR count). The van der Waals surface area contributed by atoms with E-state index in [2.05, 4.69) is 5.32 Å². The molecule has 2 heteroatoms. The van der Waals surface area contributed by atoms with E-state index in [-0.39, 0.29) is 0 Å². The van der Waals surface area contributed by atoms with Crippen LogP contribution in [0.1, 0.15) is 0 Å². The predicted octanol–water partition coefficient (Wildman–Crippen LogP) is 0.282. The van der Waals surface area contributed by atoms with Gasteiger partial charge in [-0.25, -0.2) is 0 Å². The third-order valence-electron chi connectivity index (χ3n) is 0.747. The number of hydrogen-bond donors (Lipinski definition) is 1. The van der Waals surface area contributed by atoms with Gasteiger partial charge in [0.1, 0.15) is 0 Å². The number of rotatable bonds is 0. The molecule has 0 amide bonds. The first-order valence-electron chi connectivity index (χ1n) is 2.30. The summed E-state index contributed by atoms with van der Waals surface area (Å²) >= 11 is 0. The lowest BCUT2D eigenvalue weighted by atomic mass is 10.6. The number of hydrogen-bond acceptors (Lipinski definition) is 2. The van der Waals surface area contributed by atoms with E-state index >= 15 is 0 Å². The molecule has 0 aromatic rings. The summed E-state index contributed by atoms with van der Waals surface area (Å²) < 4.78 is 4.99. The molecule has 0 bridgehead atoms. The van der Waals surface area contributed by atoms with Gasteiger partial charge >= 0.3 is 0 Å². The lowest BCUT2D eigenvalue weighted by Gasteiger charge is -1.92. The van der Waals surface area contributed by atoms with Gasteiger partial charge in [-0.15, -0.1) is 0 Å². The summed E-state index contributed by atoms with van der Waals surface area (Å²) in [6.07, 6.45) is 3.80. The molecule has 1 heterocycles. The van der Waals surface area contributed by atoms with Crippen LogP contribution in [0.15, 0.2) is 12.3 Å². The quantitative estimate of drug-likeness (QED) is 0.470. The molecule has 7 heavy (non-hydrogen) atoms. The summed E-state index contributed by atoms with van der Waals surface area (Å²) in [4.78, 5) is 0. The monoisotopic (exact) mass is 98.1 g/mol. The maximum atomic E-state index is 4.99. The van der Waals surface area contributed by atoms with Crippen LogP contribution in [0.5, 0.6) is 0 Å². The molecule has 0 aliphatic carbocycles. The fourth-order valence-electron chi connectivity index (χ4n) is 0.427. The lowest BCUT2D eigenvalue weighted by Crippen LogP contribution is -2.01. The van der Waals surface area contributed by atoms with Crippen molar-refractivity contribution in [3.8, 4) is 0 Å². The maximum Gasteiger partial charge on any atom is 0.0713 e. The zero-order valence-corrected chi connectivity index (χ0v) is 4.05. The Morgan fingerprint density at radius 2 is 2.43 bits per heavy atom. The van der Waals surface area contributed by atoms with Crippen LogP contribution in [-0.4, -0.2) is 13.2 Å². The molecule has 0 aromatic carbocycles. The SMILES string of the molecule is [CH]1COCC=CN1. The zero-order valence-electron chi connectivity index (χ0n) is 4.05. The molecule has 1 N–H and O–H groups in total. The van der Waals surface area contributed by atoms with E-state index in [9.17, 15) is 0 Å². The van der Waals surface area contributed by atoms with Crippen molar-refractivity contribution in [1.29, 1.82) is 0 Å². The first-order chi connectivity index (χ1) is 3.50. The van der Waals surface area contributed by atoms with Gasteiger partial charge in [0, 0.05) is 0 Å². The van der Waals surface area contributed by atoms with Gasteiger partial charge in [-0.3, -0.25) is 0 Å². The molecular weight excluding hydrogens is 90.1 g/mol. The highest BCUT2D eigenvalue weighted by Crippen LogP contribution is 1.83. The van der Waals surface area contributed by atoms with E-state index in [4.69, 9.17) is 4.74 Å². The van der Waals surface area contributed by atoms with Gasteiger partial charge in [0.2, 0.25) is 0 Å². The molecule has 0 fully saturated rings. The number of nitrogens with one attached hydrogen (secondary N) is 1. The lowest BCUT2D eigenvalue weighted by molar-refractivity contribution is 0.185. The van der Waals surface area contributed by atoms with Gasteiger partial charge in [-0.1, -0.05) is 0 Å². The van der Waals surface area contributed by atoms with E-state index in [1.54, 1.807) is 0 Å². The molecule has 1 aliphatic heterocycles. The fourth-order valence-corrected chi connectivity index (χ4v) is 0.427. The molecule has 1 aliphatic rings.